The number of nitrogens with zero attached hydrogens (tertiary/aromatic N) is 5. The van der Waals surface area contributed by atoms with E-state index >= 15 is 8.78 Å². The Balaban J connectivity index is 1.48. The van der Waals surface area contributed by atoms with Crippen LogP contribution in [0, 0.1) is 11.6 Å². The van der Waals surface area contributed by atoms with Gasteiger partial charge in [-0.15, -0.1) is 0 Å². The number of carbonyl (C=O) groups excluding carboxylic acids is 1. The van der Waals surface area contributed by atoms with Gasteiger partial charge in [0.05, 0.1) is 5.56 Å². The molecule has 11 heteroatoms. The number of halogens is 4. The second-order valence-electron chi connectivity index (χ2n) is 11.2. The van der Waals surface area contributed by atoms with E-state index in [0.29, 0.717) is 22.6 Å². The summed E-state index contributed by atoms with van der Waals surface area (Å²) in [7, 11) is 2.02. The van der Waals surface area contributed by atoms with Crippen molar-refractivity contribution in [2.45, 2.75) is 31.8 Å². The second kappa shape index (κ2) is 11.7. The first-order chi connectivity index (χ1) is 20.6. The highest BCUT2D eigenvalue weighted by atomic mass is 35.5. The summed E-state index contributed by atoms with van der Waals surface area (Å²) >= 11 is 6.51. The van der Waals surface area contributed by atoms with E-state index < -0.39 is 23.4 Å². The van der Waals surface area contributed by atoms with Gasteiger partial charge in [0.15, 0.2) is 11.6 Å². The first kappa shape index (κ1) is 29.2. The van der Waals surface area contributed by atoms with Gasteiger partial charge in [0, 0.05) is 47.5 Å². The molecule has 0 unspecified atom stereocenters. The van der Waals surface area contributed by atoms with E-state index in [2.05, 4.69) is 21.4 Å². The van der Waals surface area contributed by atoms with Crippen molar-refractivity contribution in [2.24, 2.45) is 0 Å². The molecule has 2 aliphatic heterocycles. The molecule has 2 saturated heterocycles. The smallest absolute Gasteiger partial charge is 0.319 e. The molecule has 224 valence electrons. The SMILES string of the molecule is C=C(F)C(=O)N1CCN(c2nc(OC[C@@H]3CCCN3C)nc3c(F)c(-c4cccc5cccc(Cl)c45)c(F)cc23)[C@@H](C)C1. The number of fused-ring (bicyclic) bond motifs is 2. The number of amides is 1. The summed E-state index contributed by atoms with van der Waals surface area (Å²) in [4.78, 5) is 26.7. The van der Waals surface area contributed by atoms with Crippen LogP contribution in [0.15, 0.2) is 54.9 Å². The molecule has 0 N–H and O–H groups in total. The standard InChI is InChI=1S/C32H31ClF3N5O2/c1-18-16-40(31(42)19(2)34)13-14-41(18)30-23-15-25(35)27(22-10-4-7-20-8-5-11-24(33)26(20)22)28(36)29(23)37-32(38-30)43-17-21-9-6-12-39(21)3/h4-5,7-8,10-11,15,18,21H,2,6,9,12-14,16-17H2,1,3H3/t18-,21-/m0/s1. The molecule has 2 fully saturated rings. The number of likely N-dealkylation sites (N-methyl/N-ethyl adjacent to an activating group) is 1. The molecule has 0 saturated carbocycles. The van der Waals surface area contributed by atoms with Gasteiger partial charge in [-0.3, -0.25) is 4.79 Å². The Bertz CT molecular complexity index is 1750. The maximum atomic E-state index is 16.6. The lowest BCUT2D eigenvalue weighted by Crippen LogP contribution is -2.54. The molecule has 43 heavy (non-hydrogen) atoms. The minimum absolute atomic E-state index is 0.0296. The van der Waals surface area contributed by atoms with Crippen LogP contribution in [0.3, 0.4) is 0 Å². The fraction of sp³-hybridized carbons (Fsp3) is 0.344. The van der Waals surface area contributed by atoms with Gasteiger partial charge in [0.25, 0.3) is 5.91 Å². The molecule has 4 aromatic rings. The van der Waals surface area contributed by atoms with Crippen LogP contribution < -0.4 is 9.64 Å². The summed E-state index contributed by atoms with van der Waals surface area (Å²) in [6, 6.07) is 11.5. The maximum absolute atomic E-state index is 16.6. The third-order valence-corrected chi connectivity index (χ3v) is 8.78. The van der Waals surface area contributed by atoms with E-state index in [0.717, 1.165) is 24.8 Å². The minimum atomic E-state index is -1.04. The molecule has 3 aromatic carbocycles. The van der Waals surface area contributed by atoms with Crippen LogP contribution in [0.1, 0.15) is 19.8 Å². The molecule has 1 aromatic heterocycles. The molecular weight excluding hydrogens is 579 g/mol. The predicted molar refractivity (Wildman–Crippen MR) is 162 cm³/mol. The highest BCUT2D eigenvalue weighted by molar-refractivity contribution is 6.36. The third-order valence-electron chi connectivity index (χ3n) is 8.46. The Morgan fingerprint density at radius 2 is 1.91 bits per heavy atom. The second-order valence-corrected chi connectivity index (χ2v) is 11.6. The first-order valence-electron chi connectivity index (χ1n) is 14.2. The lowest BCUT2D eigenvalue weighted by atomic mass is 9.96. The van der Waals surface area contributed by atoms with Gasteiger partial charge in [-0.1, -0.05) is 48.5 Å². The summed E-state index contributed by atoms with van der Waals surface area (Å²) in [5.74, 6) is -3.19. The summed E-state index contributed by atoms with van der Waals surface area (Å²) in [5.41, 5.74) is -0.0347. The number of piperazine rings is 1. The van der Waals surface area contributed by atoms with Crippen LogP contribution in [0.25, 0.3) is 32.8 Å². The van der Waals surface area contributed by atoms with Crippen molar-refractivity contribution in [1.29, 1.82) is 0 Å². The van der Waals surface area contributed by atoms with Crippen LogP contribution >= 0.6 is 11.6 Å². The Labute approximate surface area is 252 Å². The van der Waals surface area contributed by atoms with Gasteiger partial charge < -0.3 is 19.4 Å². The summed E-state index contributed by atoms with van der Waals surface area (Å²) in [6.07, 6.45) is 2.00. The van der Waals surface area contributed by atoms with Crippen molar-refractivity contribution in [1.82, 2.24) is 19.8 Å². The summed E-state index contributed by atoms with van der Waals surface area (Å²) in [5, 5.41) is 1.81. The Morgan fingerprint density at radius 3 is 2.60 bits per heavy atom. The van der Waals surface area contributed by atoms with Gasteiger partial charge in [-0.2, -0.15) is 9.97 Å². The zero-order valence-corrected chi connectivity index (χ0v) is 24.7. The molecule has 0 aliphatic carbocycles. The Hall–Kier alpha value is -3.89. The zero-order chi connectivity index (χ0) is 30.4. The van der Waals surface area contributed by atoms with Gasteiger partial charge in [0.2, 0.25) is 0 Å². The molecule has 2 aliphatic rings. The maximum Gasteiger partial charge on any atom is 0.319 e. The summed E-state index contributed by atoms with van der Waals surface area (Å²) < 4.78 is 52.3. The Kier molecular flexibility index (Phi) is 7.91. The number of rotatable bonds is 6. The molecule has 0 spiro atoms. The number of likely N-dealkylation sites (tertiary alicyclic amines) is 1. The van der Waals surface area contributed by atoms with E-state index in [4.69, 9.17) is 16.3 Å². The third kappa shape index (κ3) is 5.38. The molecule has 0 radical (unpaired) electrons. The number of hydrogen-bond donors (Lipinski definition) is 0. The number of carbonyl (C=O) groups is 1. The number of anilines is 1. The van der Waals surface area contributed by atoms with Crippen molar-refractivity contribution in [3.63, 3.8) is 0 Å². The normalized spacial score (nSPS) is 19.4. The average Bonchev–Trinajstić information content (AvgIpc) is 3.40. The number of benzene rings is 3. The van der Waals surface area contributed by atoms with Crippen LogP contribution in [0.4, 0.5) is 19.0 Å². The van der Waals surface area contributed by atoms with Crippen molar-refractivity contribution in [3.05, 3.63) is 71.5 Å². The van der Waals surface area contributed by atoms with Crippen LogP contribution in [-0.4, -0.2) is 77.6 Å². The summed E-state index contributed by atoms with van der Waals surface area (Å²) in [6.45, 7) is 6.82. The topological polar surface area (TPSA) is 61.8 Å². The van der Waals surface area contributed by atoms with Crippen molar-refractivity contribution < 1.29 is 22.7 Å². The number of hydrogen-bond acceptors (Lipinski definition) is 6. The van der Waals surface area contributed by atoms with Gasteiger partial charge in [0.1, 0.15) is 23.8 Å². The molecular formula is C32H31ClF3N5O2. The fourth-order valence-corrected chi connectivity index (χ4v) is 6.47. The van der Waals surface area contributed by atoms with Gasteiger partial charge >= 0.3 is 6.01 Å². The minimum Gasteiger partial charge on any atom is -0.462 e. The molecule has 3 heterocycles. The van der Waals surface area contributed by atoms with Crippen LogP contribution in [0.2, 0.25) is 5.02 Å². The van der Waals surface area contributed by atoms with Crippen molar-refractivity contribution in [2.75, 3.05) is 44.7 Å². The highest BCUT2D eigenvalue weighted by Gasteiger charge is 2.32. The number of aromatic nitrogens is 2. The largest absolute Gasteiger partial charge is 0.462 e. The highest BCUT2D eigenvalue weighted by Crippen LogP contribution is 2.40. The van der Waals surface area contributed by atoms with E-state index in [9.17, 15) is 9.18 Å². The first-order valence-corrected chi connectivity index (χ1v) is 14.6. The quantitative estimate of drug-likeness (QED) is 0.237. The van der Waals surface area contributed by atoms with E-state index in [1.165, 1.54) is 11.0 Å². The van der Waals surface area contributed by atoms with Gasteiger partial charge in [-0.25, -0.2) is 13.2 Å². The molecule has 6 rings (SSSR count). The molecule has 7 nitrogen and oxygen atoms in total. The number of ether oxygens (including phenoxy) is 1. The predicted octanol–water partition coefficient (Wildman–Crippen LogP) is 6.37. The monoisotopic (exact) mass is 609 g/mol. The van der Waals surface area contributed by atoms with Gasteiger partial charge in [-0.05, 0) is 56.4 Å². The Morgan fingerprint density at radius 1 is 1.14 bits per heavy atom. The zero-order valence-electron chi connectivity index (χ0n) is 23.9. The molecule has 1 amide bonds. The fourth-order valence-electron chi connectivity index (χ4n) is 6.18. The molecule has 0 bridgehead atoms. The van der Waals surface area contributed by atoms with E-state index in [-0.39, 0.29) is 60.0 Å². The van der Waals surface area contributed by atoms with Crippen molar-refractivity contribution in [3.8, 4) is 17.1 Å². The lowest BCUT2D eigenvalue weighted by molar-refractivity contribution is -0.129. The molecule has 2 atom stereocenters. The van der Waals surface area contributed by atoms with Crippen LogP contribution in [0.5, 0.6) is 6.01 Å². The lowest BCUT2D eigenvalue weighted by Gasteiger charge is -2.40. The van der Waals surface area contributed by atoms with Crippen LogP contribution in [-0.2, 0) is 4.79 Å². The van der Waals surface area contributed by atoms with Crippen molar-refractivity contribution >= 4 is 45.0 Å². The van der Waals surface area contributed by atoms with E-state index in [1.807, 2.05) is 31.0 Å². The average molecular weight is 610 g/mol. The van der Waals surface area contributed by atoms with E-state index in [1.54, 1.807) is 24.3 Å².